The lowest BCUT2D eigenvalue weighted by Crippen LogP contribution is -1.97. The van der Waals surface area contributed by atoms with Gasteiger partial charge in [-0.15, -0.1) is 0 Å². The first-order valence-corrected chi connectivity index (χ1v) is 5.22. The van der Waals surface area contributed by atoms with Crippen molar-refractivity contribution in [3.8, 4) is 0 Å². The van der Waals surface area contributed by atoms with Gasteiger partial charge in [-0.2, -0.15) is 0 Å². The maximum atomic E-state index is 10.5. The van der Waals surface area contributed by atoms with Crippen LogP contribution in [-0.4, -0.2) is 16.2 Å². The fourth-order valence-corrected chi connectivity index (χ4v) is 1.85. The zero-order valence-electron chi connectivity index (χ0n) is 8.66. The van der Waals surface area contributed by atoms with Gasteiger partial charge in [-0.25, -0.2) is 0 Å². The highest BCUT2D eigenvalue weighted by molar-refractivity contribution is 6.34. The van der Waals surface area contributed by atoms with E-state index in [-0.39, 0.29) is 6.42 Å². The molecule has 2 rings (SSSR count). The maximum absolute atomic E-state index is 10.5. The fourth-order valence-electron chi connectivity index (χ4n) is 1.57. The van der Waals surface area contributed by atoms with Crippen LogP contribution >= 0.6 is 11.6 Å². The Hall–Kier alpha value is -1.55. The second-order valence-electron chi connectivity index (χ2n) is 3.62. The number of aromatic nitrogens is 1. The Kier molecular flexibility index (Phi) is 2.83. The summed E-state index contributed by atoms with van der Waals surface area (Å²) in [5.74, 6) is -0.821. The summed E-state index contributed by atoms with van der Waals surface area (Å²) in [6, 6.07) is 3.59. The molecule has 0 amide bonds. The Labute approximate surface area is 96.8 Å². The quantitative estimate of drug-likeness (QED) is 0.895. The molecule has 84 valence electrons. The SMILES string of the molecule is Cc1noc2c(Cl)cc(CCC(=O)O)cc12. The van der Waals surface area contributed by atoms with Crippen LogP contribution < -0.4 is 0 Å². The summed E-state index contributed by atoms with van der Waals surface area (Å²) < 4.78 is 5.06. The molecule has 16 heavy (non-hydrogen) atoms. The number of carboxylic acids is 1. The summed E-state index contributed by atoms with van der Waals surface area (Å²) in [7, 11) is 0. The molecule has 1 heterocycles. The van der Waals surface area contributed by atoms with Crippen LogP contribution in [0.4, 0.5) is 0 Å². The number of nitrogens with zero attached hydrogens (tertiary/aromatic N) is 1. The van der Waals surface area contributed by atoms with Crippen LogP contribution in [0.5, 0.6) is 0 Å². The van der Waals surface area contributed by atoms with Gasteiger partial charge in [-0.05, 0) is 31.0 Å². The Bertz CT molecular complexity index is 547. The molecule has 0 bridgehead atoms. The molecule has 0 spiro atoms. The average molecular weight is 240 g/mol. The minimum Gasteiger partial charge on any atom is -0.481 e. The smallest absolute Gasteiger partial charge is 0.303 e. The summed E-state index contributed by atoms with van der Waals surface area (Å²) in [4.78, 5) is 10.5. The number of rotatable bonds is 3. The zero-order chi connectivity index (χ0) is 11.7. The van der Waals surface area contributed by atoms with E-state index < -0.39 is 5.97 Å². The van der Waals surface area contributed by atoms with Crippen molar-refractivity contribution in [1.29, 1.82) is 0 Å². The van der Waals surface area contributed by atoms with Gasteiger partial charge in [-0.1, -0.05) is 16.8 Å². The minimum atomic E-state index is -0.821. The van der Waals surface area contributed by atoms with Crippen molar-refractivity contribution in [2.24, 2.45) is 0 Å². The molecular formula is C11H10ClNO3. The summed E-state index contributed by atoms with van der Waals surface area (Å²) in [6.07, 6.45) is 0.543. The molecule has 1 aromatic heterocycles. The van der Waals surface area contributed by atoms with Crippen LogP contribution in [0.3, 0.4) is 0 Å². The van der Waals surface area contributed by atoms with Crippen molar-refractivity contribution < 1.29 is 14.4 Å². The highest BCUT2D eigenvalue weighted by Gasteiger charge is 2.10. The lowest BCUT2D eigenvalue weighted by molar-refractivity contribution is -0.136. The van der Waals surface area contributed by atoms with Crippen molar-refractivity contribution in [2.45, 2.75) is 19.8 Å². The van der Waals surface area contributed by atoms with Gasteiger partial charge in [0.25, 0.3) is 0 Å². The van der Waals surface area contributed by atoms with Crippen molar-refractivity contribution in [3.05, 3.63) is 28.4 Å². The Morgan fingerprint density at radius 3 is 3.00 bits per heavy atom. The number of benzene rings is 1. The van der Waals surface area contributed by atoms with E-state index >= 15 is 0 Å². The van der Waals surface area contributed by atoms with E-state index in [0.717, 1.165) is 16.6 Å². The molecule has 0 unspecified atom stereocenters. The Morgan fingerprint density at radius 2 is 2.31 bits per heavy atom. The molecule has 1 aromatic carbocycles. The molecule has 4 nitrogen and oxygen atoms in total. The van der Waals surface area contributed by atoms with Crippen molar-refractivity contribution in [2.75, 3.05) is 0 Å². The molecular weight excluding hydrogens is 230 g/mol. The Balaban J connectivity index is 2.40. The lowest BCUT2D eigenvalue weighted by atomic mass is 10.1. The van der Waals surface area contributed by atoms with E-state index in [2.05, 4.69) is 5.16 Å². The third-order valence-corrected chi connectivity index (χ3v) is 2.68. The lowest BCUT2D eigenvalue weighted by Gasteiger charge is -2.00. The van der Waals surface area contributed by atoms with Gasteiger partial charge in [-0.3, -0.25) is 4.79 Å². The zero-order valence-corrected chi connectivity index (χ0v) is 9.41. The highest BCUT2D eigenvalue weighted by atomic mass is 35.5. The minimum absolute atomic E-state index is 0.0894. The first-order chi connectivity index (χ1) is 7.58. The van der Waals surface area contributed by atoms with Gasteiger partial charge < -0.3 is 9.63 Å². The van der Waals surface area contributed by atoms with Crippen molar-refractivity contribution >= 4 is 28.5 Å². The normalized spacial score (nSPS) is 10.9. The molecule has 0 fully saturated rings. The van der Waals surface area contributed by atoms with Crippen LogP contribution in [0.25, 0.3) is 11.0 Å². The second-order valence-corrected chi connectivity index (χ2v) is 4.02. The number of carbonyl (C=O) groups is 1. The van der Waals surface area contributed by atoms with E-state index in [9.17, 15) is 4.79 Å². The fraction of sp³-hybridized carbons (Fsp3) is 0.273. The van der Waals surface area contributed by atoms with Crippen LogP contribution in [-0.2, 0) is 11.2 Å². The van der Waals surface area contributed by atoms with Crippen molar-refractivity contribution in [1.82, 2.24) is 5.16 Å². The Morgan fingerprint density at radius 1 is 1.56 bits per heavy atom. The number of aryl methyl sites for hydroxylation is 2. The summed E-state index contributed by atoms with van der Waals surface area (Å²) in [5.41, 5.74) is 2.19. The number of aliphatic carboxylic acids is 1. The molecule has 2 aromatic rings. The first-order valence-electron chi connectivity index (χ1n) is 4.84. The largest absolute Gasteiger partial charge is 0.481 e. The predicted octanol–water partition coefficient (Wildman–Crippen LogP) is 2.81. The predicted molar refractivity (Wildman–Crippen MR) is 59.7 cm³/mol. The second kappa shape index (κ2) is 4.14. The number of halogens is 1. The highest BCUT2D eigenvalue weighted by Crippen LogP contribution is 2.28. The molecule has 5 heteroatoms. The van der Waals surface area contributed by atoms with Gasteiger partial charge >= 0.3 is 5.97 Å². The monoisotopic (exact) mass is 239 g/mol. The van der Waals surface area contributed by atoms with Gasteiger partial charge in [0.15, 0.2) is 5.58 Å². The van der Waals surface area contributed by atoms with Crippen LogP contribution in [0.1, 0.15) is 17.7 Å². The third-order valence-electron chi connectivity index (χ3n) is 2.39. The standard InChI is InChI=1S/C11H10ClNO3/c1-6-8-4-7(2-3-10(14)15)5-9(12)11(8)16-13-6/h4-5H,2-3H2,1H3,(H,14,15). The molecule has 0 radical (unpaired) electrons. The summed E-state index contributed by atoms with van der Waals surface area (Å²) in [5, 5.41) is 13.7. The number of hydrogen-bond donors (Lipinski definition) is 1. The van der Waals surface area contributed by atoms with E-state index in [1.807, 2.05) is 13.0 Å². The average Bonchev–Trinajstić information content (AvgIpc) is 2.58. The molecule has 0 aliphatic carbocycles. The van der Waals surface area contributed by atoms with Gasteiger partial charge in [0.05, 0.1) is 10.7 Å². The first kappa shape index (κ1) is 11.0. The number of fused-ring (bicyclic) bond motifs is 1. The third kappa shape index (κ3) is 2.02. The molecule has 0 aliphatic heterocycles. The van der Waals surface area contributed by atoms with Crippen LogP contribution in [0.15, 0.2) is 16.7 Å². The van der Waals surface area contributed by atoms with Crippen LogP contribution in [0, 0.1) is 6.92 Å². The van der Waals surface area contributed by atoms with Crippen molar-refractivity contribution in [3.63, 3.8) is 0 Å². The summed E-state index contributed by atoms with van der Waals surface area (Å²) in [6.45, 7) is 1.82. The van der Waals surface area contributed by atoms with Gasteiger partial charge in [0.2, 0.25) is 0 Å². The van der Waals surface area contributed by atoms with Crippen LogP contribution in [0.2, 0.25) is 5.02 Å². The molecule has 0 saturated carbocycles. The molecule has 0 atom stereocenters. The molecule has 1 N–H and O–H groups in total. The van der Waals surface area contributed by atoms with E-state index in [0.29, 0.717) is 17.0 Å². The topological polar surface area (TPSA) is 63.3 Å². The number of carboxylic acid groups (broad SMARTS) is 1. The summed E-state index contributed by atoms with van der Waals surface area (Å²) >= 11 is 6.01. The molecule has 0 aliphatic rings. The molecule has 0 saturated heterocycles. The maximum Gasteiger partial charge on any atom is 0.303 e. The van der Waals surface area contributed by atoms with E-state index in [1.165, 1.54) is 0 Å². The number of hydrogen-bond acceptors (Lipinski definition) is 3. The van der Waals surface area contributed by atoms with Gasteiger partial charge in [0, 0.05) is 11.8 Å². The van der Waals surface area contributed by atoms with Gasteiger partial charge in [0.1, 0.15) is 0 Å². The van der Waals surface area contributed by atoms with E-state index in [4.69, 9.17) is 21.2 Å². The van der Waals surface area contributed by atoms with E-state index in [1.54, 1.807) is 6.07 Å².